The number of nitrogens with one attached hydrogen (secondary N) is 1. The van der Waals surface area contributed by atoms with Crippen LogP contribution in [0, 0.1) is 0 Å². The van der Waals surface area contributed by atoms with Crippen LogP contribution in [0.4, 0.5) is 0 Å². The van der Waals surface area contributed by atoms with Crippen molar-refractivity contribution in [1.82, 2.24) is 5.32 Å². The first-order valence-electron chi connectivity index (χ1n) is 9.96. The Morgan fingerprint density at radius 3 is 2.17 bits per heavy atom. The summed E-state index contributed by atoms with van der Waals surface area (Å²) in [5, 5.41) is 3.59. The molecule has 0 bridgehead atoms. The fraction of sp³-hybridized carbons (Fsp3) is 0.478. The molecule has 0 aromatic heterocycles. The van der Waals surface area contributed by atoms with Crippen LogP contribution in [-0.2, 0) is 15.9 Å². The van der Waals surface area contributed by atoms with Gasteiger partial charge in [0.15, 0.2) is 17.8 Å². The van der Waals surface area contributed by atoms with Crippen molar-refractivity contribution in [1.29, 1.82) is 0 Å². The molecular formula is C23H33NO5. The van der Waals surface area contributed by atoms with E-state index in [0.717, 1.165) is 17.7 Å². The van der Waals surface area contributed by atoms with Crippen molar-refractivity contribution in [2.45, 2.75) is 32.6 Å². The molecule has 0 aliphatic carbocycles. The van der Waals surface area contributed by atoms with Crippen molar-refractivity contribution in [2.24, 2.45) is 0 Å². The summed E-state index contributed by atoms with van der Waals surface area (Å²) in [6.07, 6.45) is 0.482. The van der Waals surface area contributed by atoms with Crippen LogP contribution in [0.3, 0.4) is 0 Å². The Balaban J connectivity index is 2.26. The van der Waals surface area contributed by atoms with Gasteiger partial charge < -0.3 is 29.0 Å². The Labute approximate surface area is 174 Å². The lowest BCUT2D eigenvalue weighted by Crippen LogP contribution is -2.35. The van der Waals surface area contributed by atoms with E-state index in [1.807, 2.05) is 38.1 Å². The summed E-state index contributed by atoms with van der Waals surface area (Å²) < 4.78 is 27.6. The second kappa shape index (κ2) is 12.3. The second-order valence-electron chi connectivity index (χ2n) is 6.47. The highest BCUT2D eigenvalue weighted by molar-refractivity contribution is 5.44. The first-order valence-corrected chi connectivity index (χ1v) is 9.96. The van der Waals surface area contributed by atoms with Crippen molar-refractivity contribution >= 4 is 0 Å². The van der Waals surface area contributed by atoms with E-state index in [1.165, 1.54) is 5.56 Å². The quantitative estimate of drug-likeness (QED) is 0.511. The van der Waals surface area contributed by atoms with Gasteiger partial charge in [-0.3, -0.25) is 0 Å². The van der Waals surface area contributed by atoms with Gasteiger partial charge in [-0.15, -0.1) is 0 Å². The highest BCUT2D eigenvalue weighted by atomic mass is 16.7. The van der Waals surface area contributed by atoms with E-state index in [-0.39, 0.29) is 12.3 Å². The molecule has 0 saturated heterocycles. The maximum absolute atomic E-state index is 5.69. The molecule has 0 aliphatic rings. The summed E-state index contributed by atoms with van der Waals surface area (Å²) in [6, 6.07) is 14.1. The van der Waals surface area contributed by atoms with Crippen LogP contribution in [0.2, 0.25) is 0 Å². The molecule has 1 N–H and O–H groups in total. The zero-order valence-corrected chi connectivity index (χ0v) is 18.1. The molecule has 0 fully saturated rings. The fourth-order valence-corrected chi connectivity index (χ4v) is 3.19. The average Bonchev–Trinajstić information content (AvgIpc) is 2.76. The van der Waals surface area contributed by atoms with E-state index in [2.05, 4.69) is 23.5 Å². The largest absolute Gasteiger partial charge is 0.497 e. The van der Waals surface area contributed by atoms with Gasteiger partial charge in [0, 0.05) is 25.8 Å². The third-order valence-electron chi connectivity index (χ3n) is 4.62. The molecule has 6 heteroatoms. The Hall–Kier alpha value is -2.28. The molecular weight excluding hydrogens is 370 g/mol. The van der Waals surface area contributed by atoms with E-state index < -0.39 is 0 Å². The van der Waals surface area contributed by atoms with E-state index in [1.54, 1.807) is 21.3 Å². The summed E-state index contributed by atoms with van der Waals surface area (Å²) in [4.78, 5) is 0. The minimum atomic E-state index is -0.294. The van der Waals surface area contributed by atoms with Crippen LogP contribution in [0.25, 0.3) is 0 Å². The molecule has 0 aliphatic heterocycles. The first kappa shape index (κ1) is 23.0. The van der Waals surface area contributed by atoms with Crippen LogP contribution in [-0.4, -0.2) is 47.4 Å². The van der Waals surface area contributed by atoms with Crippen molar-refractivity contribution in [3.63, 3.8) is 0 Å². The zero-order valence-electron chi connectivity index (χ0n) is 18.1. The van der Waals surface area contributed by atoms with Crippen molar-refractivity contribution in [3.8, 4) is 17.2 Å². The van der Waals surface area contributed by atoms with Gasteiger partial charge in [0.2, 0.25) is 0 Å². The Morgan fingerprint density at radius 1 is 0.828 bits per heavy atom. The highest BCUT2D eigenvalue weighted by Gasteiger charge is 2.18. The summed E-state index contributed by atoms with van der Waals surface area (Å²) in [5.74, 6) is 2.25. The molecule has 0 saturated carbocycles. The molecule has 160 valence electrons. The molecule has 0 unspecified atom stereocenters. The van der Waals surface area contributed by atoms with E-state index in [4.69, 9.17) is 23.7 Å². The maximum atomic E-state index is 5.69. The molecule has 0 heterocycles. The second-order valence-corrected chi connectivity index (χ2v) is 6.47. The Kier molecular flexibility index (Phi) is 9.77. The van der Waals surface area contributed by atoms with Gasteiger partial charge in [0.25, 0.3) is 0 Å². The van der Waals surface area contributed by atoms with Crippen LogP contribution >= 0.6 is 0 Å². The Bertz CT molecular complexity index is 731. The van der Waals surface area contributed by atoms with Crippen LogP contribution in [0.5, 0.6) is 17.2 Å². The molecule has 1 atom stereocenters. The van der Waals surface area contributed by atoms with E-state index in [9.17, 15) is 0 Å². The van der Waals surface area contributed by atoms with Gasteiger partial charge in [0.05, 0.1) is 21.3 Å². The molecule has 0 radical (unpaired) electrons. The number of benzene rings is 2. The minimum absolute atomic E-state index is 0.0327. The van der Waals surface area contributed by atoms with E-state index >= 15 is 0 Å². The number of ether oxygens (including phenoxy) is 5. The molecule has 2 aromatic carbocycles. The SMILES string of the molecule is CCOC(CN[C@@H](Cc1cccc(OC)c1)c1ccc(OC)c(OC)c1)OCC. The number of hydrogen-bond acceptors (Lipinski definition) is 6. The summed E-state index contributed by atoms with van der Waals surface area (Å²) in [5.41, 5.74) is 2.26. The third-order valence-corrected chi connectivity index (χ3v) is 4.62. The van der Waals surface area contributed by atoms with Gasteiger partial charge in [-0.1, -0.05) is 18.2 Å². The standard InChI is InChI=1S/C23H33NO5/c1-6-28-23(29-7-2)16-24-20(14-17-9-8-10-19(13-17)25-3)18-11-12-21(26-4)22(15-18)27-5/h8-13,15,20,23-24H,6-7,14,16H2,1-5H3/t20-/m0/s1. The average molecular weight is 404 g/mol. The predicted molar refractivity (Wildman–Crippen MR) is 114 cm³/mol. The first-order chi connectivity index (χ1) is 14.1. The normalized spacial score (nSPS) is 12.1. The topological polar surface area (TPSA) is 58.2 Å². The molecule has 29 heavy (non-hydrogen) atoms. The molecule has 2 aromatic rings. The van der Waals surface area contributed by atoms with Crippen LogP contribution in [0.1, 0.15) is 31.0 Å². The summed E-state index contributed by atoms with van der Waals surface area (Å²) in [7, 11) is 4.96. The Morgan fingerprint density at radius 2 is 1.55 bits per heavy atom. The fourth-order valence-electron chi connectivity index (χ4n) is 3.19. The highest BCUT2D eigenvalue weighted by Crippen LogP contribution is 2.31. The molecule has 0 spiro atoms. The minimum Gasteiger partial charge on any atom is -0.497 e. The number of methoxy groups -OCH3 is 3. The molecule has 0 amide bonds. The smallest absolute Gasteiger partial charge is 0.169 e. The van der Waals surface area contributed by atoms with Gasteiger partial charge in [-0.2, -0.15) is 0 Å². The maximum Gasteiger partial charge on any atom is 0.169 e. The lowest BCUT2D eigenvalue weighted by Gasteiger charge is -2.24. The van der Waals surface area contributed by atoms with E-state index in [0.29, 0.717) is 31.3 Å². The van der Waals surface area contributed by atoms with Crippen LogP contribution in [0.15, 0.2) is 42.5 Å². The van der Waals surface area contributed by atoms with Crippen molar-refractivity contribution < 1.29 is 23.7 Å². The van der Waals surface area contributed by atoms with Crippen molar-refractivity contribution in [3.05, 3.63) is 53.6 Å². The third kappa shape index (κ3) is 6.92. The zero-order chi connectivity index (χ0) is 21.1. The number of rotatable bonds is 13. The lowest BCUT2D eigenvalue weighted by atomic mass is 9.98. The predicted octanol–water partition coefficient (Wildman–Crippen LogP) is 3.98. The molecule has 2 rings (SSSR count). The monoisotopic (exact) mass is 403 g/mol. The lowest BCUT2D eigenvalue weighted by molar-refractivity contribution is -0.133. The van der Waals surface area contributed by atoms with Gasteiger partial charge >= 0.3 is 0 Å². The van der Waals surface area contributed by atoms with Gasteiger partial charge in [-0.05, 0) is 55.7 Å². The van der Waals surface area contributed by atoms with Crippen LogP contribution < -0.4 is 19.5 Å². The number of hydrogen-bond donors (Lipinski definition) is 1. The molecule has 6 nitrogen and oxygen atoms in total. The summed E-state index contributed by atoms with van der Waals surface area (Å²) in [6.45, 7) is 5.71. The summed E-state index contributed by atoms with van der Waals surface area (Å²) >= 11 is 0. The van der Waals surface area contributed by atoms with Gasteiger partial charge in [0.1, 0.15) is 5.75 Å². The van der Waals surface area contributed by atoms with Gasteiger partial charge in [-0.25, -0.2) is 0 Å². The van der Waals surface area contributed by atoms with Crippen molar-refractivity contribution in [2.75, 3.05) is 41.1 Å².